The zero-order valence-corrected chi connectivity index (χ0v) is 16.1. The summed E-state index contributed by atoms with van der Waals surface area (Å²) in [5.74, 6) is -1.30. The van der Waals surface area contributed by atoms with Gasteiger partial charge in [0.25, 0.3) is 0 Å². The van der Waals surface area contributed by atoms with Crippen LogP contribution in [0.1, 0.15) is 38.8 Å². The average Bonchev–Trinajstić information content (AvgIpc) is 3.16. The predicted molar refractivity (Wildman–Crippen MR) is 93.4 cm³/mol. The molecule has 0 bridgehead atoms. The summed E-state index contributed by atoms with van der Waals surface area (Å²) >= 11 is 0. The van der Waals surface area contributed by atoms with E-state index in [1.807, 2.05) is 39.8 Å². The molecule has 3 saturated heterocycles. The number of aryl methyl sites for hydroxylation is 1. The highest BCUT2D eigenvalue weighted by Crippen LogP contribution is 2.42. The minimum Gasteiger partial charge on any atom is -0.368 e. The van der Waals surface area contributed by atoms with Gasteiger partial charge in [-0.05, 0) is 45.7 Å². The molecule has 1 aromatic carbocycles. The van der Waals surface area contributed by atoms with Gasteiger partial charge in [0, 0.05) is 0 Å². The molecule has 0 saturated carbocycles. The number of benzene rings is 1. The molecule has 0 aromatic heterocycles. The Morgan fingerprint density at radius 2 is 1.77 bits per heavy atom. The molecule has 0 radical (unpaired) electrons. The van der Waals surface area contributed by atoms with Crippen LogP contribution in [0.15, 0.2) is 24.3 Å². The minimum atomic E-state index is -0.684. The summed E-state index contributed by atoms with van der Waals surface area (Å²) in [7, 11) is 0. The molecule has 3 aliphatic rings. The summed E-state index contributed by atoms with van der Waals surface area (Å²) in [6.45, 7) is 10.6. The molecule has 3 fully saturated rings. The fourth-order valence-corrected chi connectivity index (χ4v) is 3.83. The lowest BCUT2D eigenvalue weighted by Gasteiger charge is -2.29. The van der Waals surface area contributed by atoms with Crippen molar-refractivity contribution in [2.45, 2.75) is 83.5 Å². The summed E-state index contributed by atoms with van der Waals surface area (Å²) in [4.78, 5) is 0. The Bertz CT molecular complexity index is 657. The van der Waals surface area contributed by atoms with Crippen LogP contribution in [0.5, 0.6) is 0 Å². The van der Waals surface area contributed by atoms with Gasteiger partial charge in [-0.25, -0.2) is 0 Å². The summed E-state index contributed by atoms with van der Waals surface area (Å²) in [5.41, 5.74) is 2.35. The SMILES string of the molecule is Cc1ccccc1CO[C@@H]1[C@H]2OC(C)(C)O[C@H]2O[C@@H]1[C@H]1COC(C)(C)O1. The van der Waals surface area contributed by atoms with E-state index in [0.29, 0.717) is 13.2 Å². The van der Waals surface area contributed by atoms with Crippen LogP contribution in [0.4, 0.5) is 0 Å². The topological polar surface area (TPSA) is 55.4 Å². The molecule has 0 amide bonds. The molecule has 26 heavy (non-hydrogen) atoms. The molecule has 3 aliphatic heterocycles. The minimum absolute atomic E-state index is 0.215. The van der Waals surface area contributed by atoms with Crippen molar-refractivity contribution in [1.82, 2.24) is 0 Å². The Kier molecular flexibility index (Phi) is 4.62. The first-order chi connectivity index (χ1) is 12.2. The van der Waals surface area contributed by atoms with Crippen molar-refractivity contribution < 1.29 is 28.4 Å². The highest BCUT2D eigenvalue weighted by molar-refractivity contribution is 5.24. The third-order valence-electron chi connectivity index (χ3n) is 5.12. The fourth-order valence-electron chi connectivity index (χ4n) is 3.83. The number of hydrogen-bond acceptors (Lipinski definition) is 6. The van der Waals surface area contributed by atoms with E-state index in [-0.39, 0.29) is 24.4 Å². The Morgan fingerprint density at radius 1 is 1.00 bits per heavy atom. The number of ether oxygens (including phenoxy) is 6. The van der Waals surface area contributed by atoms with Gasteiger partial charge in [-0.1, -0.05) is 24.3 Å². The summed E-state index contributed by atoms with van der Waals surface area (Å²) in [6.07, 6.45) is -1.54. The number of hydrogen-bond donors (Lipinski definition) is 0. The van der Waals surface area contributed by atoms with E-state index >= 15 is 0 Å². The van der Waals surface area contributed by atoms with Crippen molar-refractivity contribution >= 4 is 0 Å². The molecule has 144 valence electrons. The van der Waals surface area contributed by atoms with Gasteiger partial charge in [0.2, 0.25) is 0 Å². The highest BCUT2D eigenvalue weighted by Gasteiger charge is 2.58. The second-order valence-corrected chi connectivity index (χ2v) is 8.14. The predicted octanol–water partition coefficient (Wildman–Crippen LogP) is 2.91. The largest absolute Gasteiger partial charge is 0.368 e. The van der Waals surface area contributed by atoms with Crippen molar-refractivity contribution in [2.24, 2.45) is 0 Å². The molecule has 0 N–H and O–H groups in total. The molecule has 4 rings (SSSR count). The van der Waals surface area contributed by atoms with Crippen LogP contribution < -0.4 is 0 Å². The van der Waals surface area contributed by atoms with Gasteiger partial charge in [0.15, 0.2) is 17.9 Å². The van der Waals surface area contributed by atoms with E-state index in [2.05, 4.69) is 19.1 Å². The van der Waals surface area contributed by atoms with E-state index in [1.165, 1.54) is 5.56 Å². The maximum absolute atomic E-state index is 6.30. The highest BCUT2D eigenvalue weighted by atomic mass is 16.8. The zero-order chi connectivity index (χ0) is 18.5. The number of fused-ring (bicyclic) bond motifs is 1. The molecule has 3 heterocycles. The van der Waals surface area contributed by atoms with Gasteiger partial charge in [-0.3, -0.25) is 0 Å². The standard InChI is InChI=1S/C20H28O6/c1-12-8-6-7-9-13(12)10-21-16-15(14-11-22-19(2,3)24-14)23-18-17(16)25-20(4,5)26-18/h6-9,14-18H,10-11H2,1-5H3/t14-,15-,16+,17-,18-/m1/s1. The van der Waals surface area contributed by atoms with Gasteiger partial charge in [-0.2, -0.15) is 0 Å². The molecule has 1 aromatic rings. The van der Waals surface area contributed by atoms with Crippen LogP contribution >= 0.6 is 0 Å². The fraction of sp³-hybridized carbons (Fsp3) is 0.700. The van der Waals surface area contributed by atoms with Gasteiger partial charge in [0.1, 0.15) is 24.4 Å². The second-order valence-electron chi connectivity index (χ2n) is 8.14. The quantitative estimate of drug-likeness (QED) is 0.819. The van der Waals surface area contributed by atoms with Crippen molar-refractivity contribution in [3.63, 3.8) is 0 Å². The molecule has 5 atom stereocenters. The smallest absolute Gasteiger partial charge is 0.190 e. The van der Waals surface area contributed by atoms with E-state index in [1.54, 1.807) is 0 Å². The third kappa shape index (κ3) is 3.54. The molecule has 6 nitrogen and oxygen atoms in total. The summed E-state index contributed by atoms with van der Waals surface area (Å²) in [6, 6.07) is 8.20. The average molecular weight is 364 g/mol. The molecular weight excluding hydrogens is 336 g/mol. The summed E-state index contributed by atoms with van der Waals surface area (Å²) < 4.78 is 36.2. The van der Waals surface area contributed by atoms with Crippen molar-refractivity contribution in [2.75, 3.05) is 6.61 Å². The van der Waals surface area contributed by atoms with Crippen LogP contribution in [-0.2, 0) is 35.0 Å². The Balaban J connectivity index is 1.51. The Morgan fingerprint density at radius 3 is 2.46 bits per heavy atom. The first-order valence-electron chi connectivity index (χ1n) is 9.23. The molecule has 0 spiro atoms. The lowest BCUT2D eigenvalue weighted by molar-refractivity contribution is -0.236. The first-order valence-corrected chi connectivity index (χ1v) is 9.23. The molecule has 0 aliphatic carbocycles. The van der Waals surface area contributed by atoms with Gasteiger partial charge in [-0.15, -0.1) is 0 Å². The van der Waals surface area contributed by atoms with Gasteiger partial charge in [0.05, 0.1) is 13.2 Å². The lowest BCUT2D eigenvalue weighted by atomic mass is 10.1. The Labute approximate surface area is 154 Å². The van der Waals surface area contributed by atoms with Crippen LogP contribution in [0.3, 0.4) is 0 Å². The van der Waals surface area contributed by atoms with E-state index in [0.717, 1.165) is 5.56 Å². The van der Waals surface area contributed by atoms with Crippen molar-refractivity contribution in [3.05, 3.63) is 35.4 Å². The van der Waals surface area contributed by atoms with E-state index in [9.17, 15) is 0 Å². The molecule has 0 unspecified atom stereocenters. The normalized spacial score (nSPS) is 37.8. The van der Waals surface area contributed by atoms with Gasteiger partial charge < -0.3 is 28.4 Å². The molecular formula is C20H28O6. The summed E-state index contributed by atoms with van der Waals surface area (Å²) in [5, 5.41) is 0. The molecule has 6 heteroatoms. The van der Waals surface area contributed by atoms with Crippen LogP contribution in [0.2, 0.25) is 0 Å². The lowest BCUT2D eigenvalue weighted by Crippen LogP contribution is -2.44. The van der Waals surface area contributed by atoms with Crippen LogP contribution in [-0.4, -0.2) is 48.9 Å². The van der Waals surface area contributed by atoms with Crippen LogP contribution in [0.25, 0.3) is 0 Å². The first kappa shape index (κ1) is 18.3. The number of rotatable bonds is 4. The maximum atomic E-state index is 6.30. The van der Waals surface area contributed by atoms with Crippen molar-refractivity contribution in [3.8, 4) is 0 Å². The van der Waals surface area contributed by atoms with E-state index < -0.39 is 17.9 Å². The third-order valence-corrected chi connectivity index (χ3v) is 5.12. The monoisotopic (exact) mass is 364 g/mol. The second kappa shape index (κ2) is 6.55. The van der Waals surface area contributed by atoms with Gasteiger partial charge >= 0.3 is 0 Å². The van der Waals surface area contributed by atoms with Crippen LogP contribution in [0, 0.1) is 6.92 Å². The van der Waals surface area contributed by atoms with E-state index in [4.69, 9.17) is 28.4 Å². The zero-order valence-electron chi connectivity index (χ0n) is 16.1. The maximum Gasteiger partial charge on any atom is 0.190 e. The van der Waals surface area contributed by atoms with Crippen molar-refractivity contribution in [1.29, 1.82) is 0 Å². The Hall–Kier alpha value is -1.02.